The molecule has 1 saturated heterocycles. The molecule has 5 nitrogen and oxygen atoms in total. The Hall–Kier alpha value is -2.17. The number of hydrogen-bond acceptors (Lipinski definition) is 3. The average molecular weight is 310 g/mol. The summed E-state index contributed by atoms with van der Waals surface area (Å²) in [5, 5.41) is 8.48. The maximum Gasteiger partial charge on any atom is 0.225 e. The second kappa shape index (κ2) is 6.14. The van der Waals surface area contributed by atoms with E-state index >= 15 is 0 Å². The molecule has 0 unspecified atom stereocenters. The van der Waals surface area contributed by atoms with Crippen molar-refractivity contribution in [3.05, 3.63) is 48.0 Å². The zero-order chi connectivity index (χ0) is 15.6. The van der Waals surface area contributed by atoms with Gasteiger partial charge in [-0.15, -0.1) is 10.2 Å². The van der Waals surface area contributed by atoms with E-state index in [2.05, 4.69) is 39.0 Å². The van der Waals surface area contributed by atoms with E-state index in [1.807, 2.05) is 17.3 Å². The Morgan fingerprint density at radius 1 is 1.09 bits per heavy atom. The van der Waals surface area contributed by atoms with Crippen LogP contribution in [0.5, 0.6) is 0 Å². The fourth-order valence-corrected chi connectivity index (χ4v) is 3.43. The van der Waals surface area contributed by atoms with Crippen LogP contribution in [0.25, 0.3) is 0 Å². The first-order valence-electron chi connectivity index (χ1n) is 8.51. The van der Waals surface area contributed by atoms with Gasteiger partial charge in [0.25, 0.3) is 0 Å². The molecule has 23 heavy (non-hydrogen) atoms. The highest BCUT2D eigenvalue weighted by molar-refractivity contribution is 5.81. The first kappa shape index (κ1) is 14.4. The van der Waals surface area contributed by atoms with Crippen LogP contribution in [-0.2, 0) is 11.3 Å². The molecule has 2 heterocycles. The molecular formula is C18H22N4O. The van der Waals surface area contributed by atoms with Gasteiger partial charge in [0.15, 0.2) is 0 Å². The van der Waals surface area contributed by atoms with E-state index in [9.17, 15) is 4.79 Å². The lowest BCUT2D eigenvalue weighted by atomic mass is 9.95. The zero-order valence-corrected chi connectivity index (χ0v) is 13.3. The van der Waals surface area contributed by atoms with Crippen molar-refractivity contribution in [2.24, 2.45) is 5.92 Å². The maximum absolute atomic E-state index is 12.2. The summed E-state index contributed by atoms with van der Waals surface area (Å²) in [4.78, 5) is 14.2. The third-order valence-corrected chi connectivity index (χ3v) is 4.94. The number of hydrogen-bond donors (Lipinski definition) is 0. The summed E-state index contributed by atoms with van der Waals surface area (Å²) in [5.74, 6) is 2.17. The van der Waals surface area contributed by atoms with E-state index in [0.29, 0.717) is 17.7 Å². The normalized spacial score (nSPS) is 19.0. The Morgan fingerprint density at radius 3 is 2.52 bits per heavy atom. The van der Waals surface area contributed by atoms with Gasteiger partial charge in [-0.3, -0.25) is 4.79 Å². The molecule has 1 saturated carbocycles. The molecule has 1 aliphatic heterocycles. The molecule has 2 aromatic rings. The van der Waals surface area contributed by atoms with E-state index in [1.54, 1.807) is 0 Å². The number of benzene rings is 1. The van der Waals surface area contributed by atoms with Crippen LogP contribution in [0.2, 0.25) is 0 Å². The van der Waals surface area contributed by atoms with Crippen LogP contribution in [0.1, 0.15) is 43.0 Å². The molecule has 1 aromatic carbocycles. The quantitative estimate of drug-likeness (QED) is 0.871. The molecule has 4 rings (SSSR count). The Balaban J connectivity index is 1.41. The van der Waals surface area contributed by atoms with E-state index < -0.39 is 0 Å². The zero-order valence-electron chi connectivity index (χ0n) is 13.3. The summed E-state index contributed by atoms with van der Waals surface area (Å²) < 4.78 is 2.15. The summed E-state index contributed by atoms with van der Waals surface area (Å²) in [7, 11) is 0. The Labute approximate surface area is 136 Å². The van der Waals surface area contributed by atoms with Crippen molar-refractivity contribution in [3.8, 4) is 0 Å². The average Bonchev–Trinajstić information content (AvgIpc) is 3.35. The standard InChI is InChI=1S/C18H22N4O/c23-18(16-6-7-16)21-10-8-15(9-11-21)17-20-19-13-22(17)12-14-4-2-1-3-5-14/h1-5,13,15-16H,6-12H2. The van der Waals surface area contributed by atoms with Crippen molar-refractivity contribution in [2.75, 3.05) is 13.1 Å². The second-order valence-electron chi connectivity index (χ2n) is 6.68. The molecule has 0 bridgehead atoms. The molecule has 0 N–H and O–H groups in total. The molecule has 0 spiro atoms. The van der Waals surface area contributed by atoms with Gasteiger partial charge in [0, 0.05) is 24.9 Å². The number of carbonyl (C=O) groups excluding carboxylic acids is 1. The highest BCUT2D eigenvalue weighted by Crippen LogP contribution is 2.34. The van der Waals surface area contributed by atoms with E-state index in [-0.39, 0.29) is 0 Å². The van der Waals surface area contributed by atoms with E-state index in [0.717, 1.165) is 51.1 Å². The molecule has 1 aromatic heterocycles. The van der Waals surface area contributed by atoms with Crippen LogP contribution in [0.4, 0.5) is 0 Å². The number of nitrogens with zero attached hydrogens (tertiary/aromatic N) is 4. The minimum absolute atomic E-state index is 0.327. The summed E-state index contributed by atoms with van der Waals surface area (Å²) in [5.41, 5.74) is 1.26. The van der Waals surface area contributed by atoms with Crippen molar-refractivity contribution in [1.29, 1.82) is 0 Å². The lowest BCUT2D eigenvalue weighted by Crippen LogP contribution is -2.39. The number of likely N-dealkylation sites (tertiary alicyclic amines) is 1. The number of rotatable bonds is 4. The van der Waals surface area contributed by atoms with E-state index in [1.165, 1.54) is 5.56 Å². The van der Waals surface area contributed by atoms with Crippen molar-refractivity contribution in [1.82, 2.24) is 19.7 Å². The van der Waals surface area contributed by atoms with Gasteiger partial charge in [-0.25, -0.2) is 0 Å². The first-order chi connectivity index (χ1) is 11.3. The Kier molecular flexibility index (Phi) is 3.85. The molecule has 5 heteroatoms. The molecular weight excluding hydrogens is 288 g/mol. The highest BCUT2D eigenvalue weighted by Gasteiger charge is 2.35. The summed E-state index contributed by atoms with van der Waals surface area (Å²) in [6, 6.07) is 10.4. The third kappa shape index (κ3) is 3.14. The second-order valence-corrected chi connectivity index (χ2v) is 6.68. The minimum atomic E-state index is 0.327. The Bertz CT molecular complexity index is 669. The van der Waals surface area contributed by atoms with Crippen LogP contribution in [-0.4, -0.2) is 38.7 Å². The fourth-order valence-electron chi connectivity index (χ4n) is 3.43. The third-order valence-electron chi connectivity index (χ3n) is 4.94. The molecule has 1 amide bonds. The highest BCUT2D eigenvalue weighted by atomic mass is 16.2. The largest absolute Gasteiger partial charge is 0.342 e. The van der Waals surface area contributed by atoms with Crippen molar-refractivity contribution in [3.63, 3.8) is 0 Å². The lowest BCUT2D eigenvalue weighted by molar-refractivity contribution is -0.133. The van der Waals surface area contributed by atoms with Gasteiger partial charge >= 0.3 is 0 Å². The van der Waals surface area contributed by atoms with Gasteiger partial charge in [0.2, 0.25) is 5.91 Å². The summed E-state index contributed by atoms with van der Waals surface area (Å²) >= 11 is 0. The smallest absolute Gasteiger partial charge is 0.225 e. The maximum atomic E-state index is 12.2. The topological polar surface area (TPSA) is 51.0 Å². The van der Waals surface area contributed by atoms with Crippen LogP contribution >= 0.6 is 0 Å². The SMILES string of the molecule is O=C(C1CC1)N1CCC(c2nncn2Cc2ccccc2)CC1. The van der Waals surface area contributed by atoms with Crippen molar-refractivity contribution < 1.29 is 4.79 Å². The van der Waals surface area contributed by atoms with Gasteiger partial charge in [-0.05, 0) is 31.2 Å². The predicted octanol–water partition coefficient (Wildman–Crippen LogP) is 2.44. The number of piperidine rings is 1. The van der Waals surface area contributed by atoms with Crippen LogP contribution in [0.3, 0.4) is 0 Å². The van der Waals surface area contributed by atoms with E-state index in [4.69, 9.17) is 0 Å². The van der Waals surface area contributed by atoms with Gasteiger partial charge in [-0.1, -0.05) is 30.3 Å². The van der Waals surface area contributed by atoms with Gasteiger partial charge < -0.3 is 9.47 Å². The Morgan fingerprint density at radius 2 is 1.83 bits per heavy atom. The van der Waals surface area contributed by atoms with Crippen molar-refractivity contribution >= 4 is 5.91 Å². The minimum Gasteiger partial charge on any atom is -0.342 e. The molecule has 0 atom stereocenters. The van der Waals surface area contributed by atoms with Gasteiger partial charge in [0.05, 0.1) is 6.54 Å². The molecule has 1 aliphatic carbocycles. The first-order valence-corrected chi connectivity index (χ1v) is 8.51. The van der Waals surface area contributed by atoms with Crippen molar-refractivity contribution in [2.45, 2.75) is 38.1 Å². The molecule has 2 fully saturated rings. The van der Waals surface area contributed by atoms with Crippen LogP contribution in [0.15, 0.2) is 36.7 Å². The molecule has 2 aliphatic rings. The predicted molar refractivity (Wildman–Crippen MR) is 86.8 cm³/mol. The molecule has 120 valence electrons. The van der Waals surface area contributed by atoms with Gasteiger partial charge in [-0.2, -0.15) is 0 Å². The summed E-state index contributed by atoms with van der Waals surface area (Å²) in [6.07, 6.45) is 5.98. The number of aromatic nitrogens is 3. The fraction of sp³-hybridized carbons (Fsp3) is 0.500. The number of carbonyl (C=O) groups is 1. The van der Waals surface area contributed by atoms with Crippen LogP contribution in [0, 0.1) is 5.92 Å². The lowest BCUT2D eigenvalue weighted by Gasteiger charge is -2.31. The van der Waals surface area contributed by atoms with Crippen LogP contribution < -0.4 is 0 Å². The monoisotopic (exact) mass is 310 g/mol. The van der Waals surface area contributed by atoms with Gasteiger partial charge in [0.1, 0.15) is 12.2 Å². The summed E-state index contributed by atoms with van der Waals surface area (Å²) in [6.45, 7) is 2.53. The number of amides is 1. The molecule has 0 radical (unpaired) electrons.